The minimum Gasteiger partial charge on any atom is -0.480 e. The number of carbonyl (C=O) groups is 1. The number of unbranched alkanes of at least 4 members (excludes halogenated alkanes) is 1. The van der Waals surface area contributed by atoms with Crippen LogP contribution in [-0.2, 0) is 4.79 Å². The fourth-order valence-electron chi connectivity index (χ4n) is 6.16. The van der Waals surface area contributed by atoms with E-state index in [1.807, 2.05) is 0 Å². The molecule has 2 aromatic rings. The number of carbonyl (C=O) groups excluding carboxylic acids is 1. The molecule has 3 aliphatic rings. The van der Waals surface area contributed by atoms with Crippen molar-refractivity contribution < 1.29 is 14.3 Å². The summed E-state index contributed by atoms with van der Waals surface area (Å²) in [5, 5.41) is 6.79. The van der Waals surface area contributed by atoms with E-state index in [0.29, 0.717) is 22.6 Å². The maximum atomic E-state index is 11.7. The Bertz CT molecular complexity index is 1230. The van der Waals surface area contributed by atoms with Crippen molar-refractivity contribution in [1.29, 1.82) is 0 Å². The van der Waals surface area contributed by atoms with Crippen LogP contribution in [0.4, 0.5) is 17.6 Å². The number of ether oxygens (including phenoxy) is 2. The van der Waals surface area contributed by atoms with Gasteiger partial charge in [-0.25, -0.2) is 9.97 Å². The third kappa shape index (κ3) is 8.48. The Morgan fingerprint density at radius 2 is 1.81 bits per heavy atom. The van der Waals surface area contributed by atoms with Gasteiger partial charge in [0.25, 0.3) is 0 Å². The summed E-state index contributed by atoms with van der Waals surface area (Å²) >= 11 is 1.15. The number of fused-ring (bicyclic) bond motifs is 1. The smallest absolute Gasteiger partial charge is 0.248 e. The molecule has 3 atom stereocenters. The molecule has 0 bridgehead atoms. The number of rotatable bonds is 13. The summed E-state index contributed by atoms with van der Waals surface area (Å²) in [5.74, 6) is 3.30. The summed E-state index contributed by atoms with van der Waals surface area (Å²) in [6.45, 7) is 9.28. The standard InChI is InChI=1S/C30H45N9O3S/c1-4-25(40)34-24-19-23(31)33-30(35-24)43-26-27(41-2)36-29(37-28(26)42-3)39-16-14-38(15-17-39)13-9-8-12-32-22-11-7-5-6-10-20-18-21(20)22/h4,19-22,32H,1,5-18H2,2-3H3,(H3,31,33,34,35,40). The van der Waals surface area contributed by atoms with E-state index in [-0.39, 0.29) is 16.8 Å². The Morgan fingerprint density at radius 1 is 1.07 bits per heavy atom. The first-order valence-electron chi connectivity index (χ1n) is 15.4. The summed E-state index contributed by atoms with van der Waals surface area (Å²) in [5.41, 5.74) is 5.95. The third-order valence-corrected chi connectivity index (χ3v) is 9.50. The first kappa shape index (κ1) is 31.3. The molecule has 0 spiro atoms. The van der Waals surface area contributed by atoms with E-state index in [2.05, 4.69) is 37.0 Å². The highest BCUT2D eigenvalue weighted by molar-refractivity contribution is 7.99. The molecule has 5 rings (SSSR count). The molecule has 3 fully saturated rings. The number of piperazine rings is 1. The van der Waals surface area contributed by atoms with Crippen molar-refractivity contribution in [1.82, 2.24) is 30.2 Å². The fourth-order valence-corrected chi connectivity index (χ4v) is 7.07. The first-order valence-corrected chi connectivity index (χ1v) is 16.3. The molecule has 2 aromatic heterocycles. The lowest BCUT2D eigenvalue weighted by Crippen LogP contribution is -2.47. The van der Waals surface area contributed by atoms with Crippen LogP contribution in [-0.4, -0.2) is 90.3 Å². The van der Waals surface area contributed by atoms with Gasteiger partial charge in [-0.1, -0.05) is 32.3 Å². The molecule has 1 saturated heterocycles. The van der Waals surface area contributed by atoms with Crippen LogP contribution in [0.2, 0.25) is 0 Å². The molecule has 13 heteroatoms. The fraction of sp³-hybridized carbons (Fsp3) is 0.633. The van der Waals surface area contributed by atoms with E-state index >= 15 is 0 Å². The summed E-state index contributed by atoms with van der Waals surface area (Å²) in [6.07, 6.45) is 12.1. The minimum absolute atomic E-state index is 0.202. The molecule has 12 nitrogen and oxygen atoms in total. The molecule has 3 unspecified atom stereocenters. The van der Waals surface area contributed by atoms with Crippen molar-refractivity contribution >= 4 is 35.3 Å². The van der Waals surface area contributed by atoms with Gasteiger partial charge >= 0.3 is 0 Å². The summed E-state index contributed by atoms with van der Waals surface area (Å²) < 4.78 is 11.3. The number of nitrogen functional groups attached to an aromatic ring is 1. The van der Waals surface area contributed by atoms with Crippen molar-refractivity contribution in [3.05, 3.63) is 18.7 Å². The van der Waals surface area contributed by atoms with E-state index in [1.165, 1.54) is 57.4 Å². The average Bonchev–Trinajstić information content (AvgIpc) is 3.76. The number of hydrogen-bond acceptors (Lipinski definition) is 12. The maximum absolute atomic E-state index is 11.7. The molecule has 0 aromatic carbocycles. The van der Waals surface area contributed by atoms with Gasteiger partial charge in [-0.15, -0.1) is 0 Å². The Kier molecular flexibility index (Phi) is 10.9. The molecule has 2 saturated carbocycles. The van der Waals surface area contributed by atoms with Crippen molar-refractivity contribution in [2.75, 3.05) is 69.4 Å². The molecule has 0 radical (unpaired) electrons. The highest BCUT2D eigenvalue weighted by Gasteiger charge is 2.42. The number of amides is 1. The van der Waals surface area contributed by atoms with Crippen LogP contribution < -0.4 is 30.7 Å². The van der Waals surface area contributed by atoms with Crippen LogP contribution in [0.15, 0.2) is 28.8 Å². The number of nitrogens with one attached hydrogen (secondary N) is 2. The van der Waals surface area contributed by atoms with Gasteiger partial charge in [-0.3, -0.25) is 9.69 Å². The van der Waals surface area contributed by atoms with Crippen LogP contribution in [0, 0.1) is 11.8 Å². The Balaban J connectivity index is 1.12. The van der Waals surface area contributed by atoms with Gasteiger partial charge in [0.1, 0.15) is 16.5 Å². The maximum Gasteiger partial charge on any atom is 0.248 e. The van der Waals surface area contributed by atoms with Gasteiger partial charge < -0.3 is 30.7 Å². The Labute approximate surface area is 258 Å². The second-order valence-corrected chi connectivity index (χ2v) is 12.5. The van der Waals surface area contributed by atoms with E-state index in [9.17, 15) is 4.79 Å². The molecule has 1 amide bonds. The monoisotopic (exact) mass is 611 g/mol. The van der Waals surface area contributed by atoms with Crippen LogP contribution >= 0.6 is 11.8 Å². The molecule has 234 valence electrons. The Morgan fingerprint density at radius 3 is 2.53 bits per heavy atom. The number of anilines is 3. The topological polar surface area (TPSA) is 144 Å². The van der Waals surface area contributed by atoms with Crippen molar-refractivity contribution in [2.45, 2.75) is 67.5 Å². The van der Waals surface area contributed by atoms with Gasteiger partial charge in [0.05, 0.1) is 14.2 Å². The molecule has 1 aliphatic heterocycles. The van der Waals surface area contributed by atoms with Gasteiger partial charge in [0.15, 0.2) is 5.16 Å². The zero-order chi connectivity index (χ0) is 30.2. The Hall–Kier alpha value is -3.16. The van der Waals surface area contributed by atoms with Crippen molar-refractivity contribution in [3.63, 3.8) is 0 Å². The lowest BCUT2D eigenvalue weighted by atomic mass is 9.96. The molecule has 43 heavy (non-hydrogen) atoms. The predicted octanol–water partition coefficient (Wildman–Crippen LogP) is 3.60. The van der Waals surface area contributed by atoms with Gasteiger partial charge in [0.2, 0.25) is 23.6 Å². The van der Waals surface area contributed by atoms with Crippen LogP contribution in [0.1, 0.15) is 51.4 Å². The van der Waals surface area contributed by atoms with Crippen molar-refractivity contribution in [2.24, 2.45) is 11.8 Å². The van der Waals surface area contributed by atoms with Crippen LogP contribution in [0.3, 0.4) is 0 Å². The third-order valence-electron chi connectivity index (χ3n) is 8.58. The molecular weight excluding hydrogens is 566 g/mol. The van der Waals surface area contributed by atoms with Crippen LogP contribution in [0.25, 0.3) is 0 Å². The number of methoxy groups -OCH3 is 2. The average molecular weight is 612 g/mol. The summed E-state index contributed by atoms with van der Waals surface area (Å²) in [7, 11) is 3.11. The second-order valence-electron chi connectivity index (χ2n) is 11.5. The second kappa shape index (κ2) is 15.0. The number of nitrogens with zero attached hydrogens (tertiary/aromatic N) is 6. The SMILES string of the molecule is C=CC(=O)Nc1cc(N)nc(Sc2c(OC)nc(N3CCN(CCCCNC4CCCCCC5CC54)CC3)nc2OC)n1. The zero-order valence-corrected chi connectivity index (χ0v) is 26.2. The quantitative estimate of drug-likeness (QED) is 0.173. The first-order chi connectivity index (χ1) is 21.0. The minimum atomic E-state index is -0.398. The van der Waals surface area contributed by atoms with Crippen molar-refractivity contribution in [3.8, 4) is 11.8 Å². The molecular formula is C30H45N9O3S. The largest absolute Gasteiger partial charge is 0.480 e. The summed E-state index contributed by atoms with van der Waals surface area (Å²) in [6, 6.07) is 2.23. The lowest BCUT2D eigenvalue weighted by molar-refractivity contribution is -0.111. The van der Waals surface area contributed by atoms with Gasteiger partial charge in [-0.05, 0) is 68.4 Å². The predicted molar refractivity (Wildman–Crippen MR) is 169 cm³/mol. The number of hydrogen-bond donors (Lipinski definition) is 3. The highest BCUT2D eigenvalue weighted by Crippen LogP contribution is 2.47. The van der Waals surface area contributed by atoms with Gasteiger partial charge in [-0.2, -0.15) is 9.97 Å². The van der Waals surface area contributed by atoms with Crippen LogP contribution in [0.5, 0.6) is 11.8 Å². The van der Waals surface area contributed by atoms with Gasteiger partial charge in [0, 0.05) is 38.3 Å². The van der Waals surface area contributed by atoms with E-state index in [0.717, 1.165) is 75.0 Å². The number of aromatic nitrogens is 4. The molecule has 2 aliphatic carbocycles. The highest BCUT2D eigenvalue weighted by atomic mass is 32.2. The van der Waals surface area contributed by atoms with E-state index in [1.54, 1.807) is 14.2 Å². The van der Waals surface area contributed by atoms with E-state index < -0.39 is 5.91 Å². The molecule has 4 N–H and O–H groups in total. The lowest BCUT2D eigenvalue weighted by Gasteiger charge is -2.35. The zero-order valence-electron chi connectivity index (χ0n) is 25.4. The number of nitrogens with two attached hydrogens (primary N) is 1. The normalized spacial score (nSPS) is 22.2. The summed E-state index contributed by atoms with van der Waals surface area (Å²) in [4.78, 5) is 35.0. The molecule has 3 heterocycles. The van der Waals surface area contributed by atoms with E-state index in [4.69, 9.17) is 25.2 Å².